The Labute approximate surface area is 313 Å². The third kappa shape index (κ3) is 39.2. The van der Waals surface area contributed by atoms with Gasteiger partial charge in [0.1, 0.15) is 19.3 Å². The first-order valence-electron chi connectivity index (χ1n) is 20.0. The fraction of sp³-hybridized carbons (Fsp3) is 0.738. The predicted molar refractivity (Wildman–Crippen MR) is 212 cm³/mol. The smallest absolute Gasteiger partial charge is 0.306 e. The Morgan fingerprint density at radius 3 is 1.71 bits per heavy atom. The second-order valence-corrected chi connectivity index (χ2v) is 15.7. The normalized spacial score (nSPS) is 14.5. The van der Waals surface area contributed by atoms with E-state index >= 15 is 0 Å². The molecule has 0 heterocycles. The summed E-state index contributed by atoms with van der Waals surface area (Å²) in [6, 6.07) is 0. The van der Waals surface area contributed by atoms with Crippen LogP contribution in [0.15, 0.2) is 60.8 Å². The van der Waals surface area contributed by atoms with Gasteiger partial charge in [0.2, 0.25) is 0 Å². The van der Waals surface area contributed by atoms with Crippen LogP contribution in [-0.4, -0.2) is 70.7 Å². The van der Waals surface area contributed by atoms with Crippen LogP contribution in [0.25, 0.3) is 0 Å². The molecule has 51 heavy (non-hydrogen) atoms. The molecule has 0 aliphatic carbocycles. The quantitative estimate of drug-likeness (QED) is 0.0208. The van der Waals surface area contributed by atoms with Crippen LogP contribution >= 0.6 is 7.82 Å². The largest absolute Gasteiger partial charge is 0.756 e. The van der Waals surface area contributed by atoms with Gasteiger partial charge in [0.15, 0.2) is 0 Å². The average Bonchev–Trinajstić information content (AvgIpc) is 3.08. The number of rotatable bonds is 36. The van der Waals surface area contributed by atoms with Gasteiger partial charge in [0, 0.05) is 13.0 Å². The zero-order chi connectivity index (χ0) is 37.7. The molecule has 0 bridgehead atoms. The summed E-state index contributed by atoms with van der Waals surface area (Å²) in [4.78, 5) is 24.9. The van der Waals surface area contributed by atoms with Crippen LogP contribution in [0.3, 0.4) is 0 Å². The summed E-state index contributed by atoms with van der Waals surface area (Å²) in [7, 11) is 1.33. The predicted octanol–water partition coefficient (Wildman–Crippen LogP) is 10.7. The number of allylic oxidation sites excluding steroid dienone is 10. The monoisotopic (exact) mass is 738 g/mol. The minimum Gasteiger partial charge on any atom is -0.756 e. The van der Waals surface area contributed by atoms with Crippen molar-refractivity contribution in [2.24, 2.45) is 0 Å². The number of esters is 1. The highest BCUT2D eigenvalue weighted by atomic mass is 31.2. The molecule has 0 aromatic heterocycles. The SMILES string of the molecule is CC/C=C\C/C=C\C/C=C\C/C=C\C/C=C\CCCCCCOCC(COP(=O)([O-])OCC[N+](C)(C)C)OC(=O)CCCCCCCCCCC. The molecule has 0 fully saturated rings. The van der Waals surface area contributed by atoms with Crippen LogP contribution in [0.4, 0.5) is 0 Å². The van der Waals surface area contributed by atoms with Crippen molar-refractivity contribution in [3.05, 3.63) is 60.8 Å². The van der Waals surface area contributed by atoms with Crippen molar-refractivity contribution in [3.8, 4) is 0 Å². The van der Waals surface area contributed by atoms with Crippen molar-refractivity contribution in [3.63, 3.8) is 0 Å². The lowest BCUT2D eigenvalue weighted by atomic mass is 10.1. The number of ether oxygens (including phenoxy) is 2. The van der Waals surface area contributed by atoms with Gasteiger partial charge in [-0.15, -0.1) is 0 Å². The molecule has 0 radical (unpaired) electrons. The van der Waals surface area contributed by atoms with Gasteiger partial charge in [-0.1, -0.05) is 139 Å². The molecule has 296 valence electrons. The van der Waals surface area contributed by atoms with E-state index in [1.54, 1.807) is 0 Å². The Balaban J connectivity index is 4.28. The highest BCUT2D eigenvalue weighted by Crippen LogP contribution is 2.38. The van der Waals surface area contributed by atoms with E-state index in [-0.39, 0.29) is 25.8 Å². The number of nitrogens with zero attached hydrogens (tertiary/aromatic N) is 1. The number of carbonyl (C=O) groups is 1. The molecule has 8 nitrogen and oxygen atoms in total. The lowest BCUT2D eigenvalue weighted by molar-refractivity contribution is -0.870. The van der Waals surface area contributed by atoms with Crippen molar-refractivity contribution >= 4 is 13.8 Å². The van der Waals surface area contributed by atoms with Gasteiger partial charge in [-0.3, -0.25) is 9.36 Å². The molecule has 0 aliphatic rings. The maximum atomic E-state index is 12.6. The van der Waals surface area contributed by atoms with Gasteiger partial charge in [0.25, 0.3) is 7.82 Å². The summed E-state index contributed by atoms with van der Waals surface area (Å²) in [6.45, 7) is 5.19. The van der Waals surface area contributed by atoms with Crippen LogP contribution in [0.5, 0.6) is 0 Å². The molecule has 0 aliphatic heterocycles. The Kier molecular flexibility index (Phi) is 34.0. The Morgan fingerprint density at radius 1 is 0.627 bits per heavy atom. The van der Waals surface area contributed by atoms with Crippen molar-refractivity contribution in [1.82, 2.24) is 0 Å². The molecule has 9 heteroatoms. The standard InChI is InChI=1S/C42H76NO7P/c1-6-8-10-12-14-16-17-18-19-20-21-22-23-24-25-26-28-30-32-34-37-47-39-41(40-49-51(45,46)48-38-36-43(3,4)5)50-42(44)35-33-31-29-27-15-13-11-9-7-2/h8,10,14,16,18-19,21-22,24-25,41H,6-7,9,11-13,15,17,20,23,26-40H2,1-5H3/b10-8-,16-14-,19-18-,22-21-,25-24-. The van der Waals surface area contributed by atoms with Gasteiger partial charge in [-0.2, -0.15) is 0 Å². The maximum absolute atomic E-state index is 12.6. The van der Waals surface area contributed by atoms with Crippen molar-refractivity contribution in [2.75, 3.05) is 54.1 Å². The first-order chi connectivity index (χ1) is 24.6. The van der Waals surface area contributed by atoms with Crippen molar-refractivity contribution < 1.29 is 37.3 Å². The van der Waals surface area contributed by atoms with Crippen LogP contribution in [0.1, 0.15) is 142 Å². The molecular formula is C42H76NO7P. The Hall–Kier alpha value is -1.80. The summed E-state index contributed by atoms with van der Waals surface area (Å²) in [5, 5.41) is 0. The van der Waals surface area contributed by atoms with Crippen molar-refractivity contribution in [2.45, 2.75) is 148 Å². The van der Waals surface area contributed by atoms with E-state index in [1.165, 1.54) is 38.5 Å². The first kappa shape index (κ1) is 49.2. The summed E-state index contributed by atoms with van der Waals surface area (Å²) < 4.78 is 34.4. The second-order valence-electron chi connectivity index (χ2n) is 14.3. The average molecular weight is 738 g/mol. The van der Waals surface area contributed by atoms with E-state index in [9.17, 15) is 14.3 Å². The number of quaternary nitrogens is 1. The van der Waals surface area contributed by atoms with E-state index in [0.717, 1.165) is 83.5 Å². The highest BCUT2D eigenvalue weighted by molar-refractivity contribution is 7.45. The van der Waals surface area contributed by atoms with E-state index in [1.807, 2.05) is 21.1 Å². The summed E-state index contributed by atoms with van der Waals surface area (Å²) in [5.41, 5.74) is 0. The van der Waals surface area contributed by atoms with Gasteiger partial charge in [-0.25, -0.2) is 0 Å². The van der Waals surface area contributed by atoms with Gasteiger partial charge in [-0.05, 0) is 57.8 Å². The lowest BCUT2D eigenvalue weighted by Crippen LogP contribution is -2.37. The molecule has 0 rings (SSSR count). The lowest BCUT2D eigenvalue weighted by Gasteiger charge is -2.28. The van der Waals surface area contributed by atoms with Gasteiger partial charge < -0.3 is 27.9 Å². The molecular weight excluding hydrogens is 661 g/mol. The van der Waals surface area contributed by atoms with Gasteiger partial charge >= 0.3 is 5.97 Å². The molecule has 0 N–H and O–H groups in total. The molecule has 0 saturated heterocycles. The molecule has 0 aromatic carbocycles. The van der Waals surface area contributed by atoms with Crippen LogP contribution in [0, 0.1) is 0 Å². The molecule has 0 spiro atoms. The second kappa shape index (κ2) is 35.2. The summed E-state index contributed by atoms with van der Waals surface area (Å²) in [6.07, 6.45) is 42.4. The van der Waals surface area contributed by atoms with Gasteiger partial charge in [0.05, 0.1) is 34.4 Å². The fourth-order valence-electron chi connectivity index (χ4n) is 4.98. The van der Waals surface area contributed by atoms with E-state index in [4.69, 9.17) is 18.5 Å². The molecule has 2 atom stereocenters. The summed E-state index contributed by atoms with van der Waals surface area (Å²) >= 11 is 0. The third-order valence-corrected chi connectivity index (χ3v) is 9.05. The van der Waals surface area contributed by atoms with E-state index < -0.39 is 13.9 Å². The van der Waals surface area contributed by atoms with Crippen LogP contribution < -0.4 is 4.89 Å². The Bertz CT molecular complexity index is 1000. The summed E-state index contributed by atoms with van der Waals surface area (Å²) in [5.74, 6) is -0.350. The zero-order valence-corrected chi connectivity index (χ0v) is 34.2. The minimum atomic E-state index is -4.52. The number of likely N-dealkylation sites (N-methyl/N-ethyl adjacent to an activating group) is 1. The maximum Gasteiger partial charge on any atom is 0.306 e. The Morgan fingerprint density at radius 2 is 1.14 bits per heavy atom. The van der Waals surface area contributed by atoms with Crippen molar-refractivity contribution in [1.29, 1.82) is 0 Å². The van der Waals surface area contributed by atoms with E-state index in [0.29, 0.717) is 24.1 Å². The first-order valence-corrected chi connectivity index (χ1v) is 21.5. The number of unbranched alkanes of at least 4 members (excludes halogenated alkanes) is 12. The molecule has 0 amide bonds. The molecule has 2 unspecified atom stereocenters. The van der Waals surface area contributed by atoms with Crippen LogP contribution in [-0.2, 0) is 27.9 Å². The number of phosphoric ester groups is 1. The zero-order valence-electron chi connectivity index (χ0n) is 33.3. The third-order valence-electron chi connectivity index (χ3n) is 8.08. The fourth-order valence-corrected chi connectivity index (χ4v) is 5.71. The number of phosphoric acid groups is 1. The topological polar surface area (TPSA) is 94.1 Å². The minimum absolute atomic E-state index is 0.0188. The van der Waals surface area contributed by atoms with E-state index in [2.05, 4.69) is 74.6 Å². The highest BCUT2D eigenvalue weighted by Gasteiger charge is 2.20. The number of carbonyl (C=O) groups excluding carboxylic acids is 1. The molecule has 0 saturated carbocycles. The van der Waals surface area contributed by atoms with Crippen LogP contribution in [0.2, 0.25) is 0 Å². The number of hydrogen-bond acceptors (Lipinski definition) is 7. The number of hydrogen-bond donors (Lipinski definition) is 0. The molecule has 0 aromatic rings.